The van der Waals surface area contributed by atoms with Gasteiger partial charge in [0.15, 0.2) is 5.78 Å². The van der Waals surface area contributed by atoms with Crippen molar-refractivity contribution in [3.05, 3.63) is 57.3 Å². The van der Waals surface area contributed by atoms with E-state index in [0.717, 1.165) is 5.56 Å². The van der Waals surface area contributed by atoms with E-state index in [0.29, 0.717) is 21.3 Å². The van der Waals surface area contributed by atoms with Gasteiger partial charge in [-0.3, -0.25) is 9.48 Å². The molecule has 0 aliphatic carbocycles. The van der Waals surface area contributed by atoms with E-state index in [-0.39, 0.29) is 5.78 Å². The number of benzene rings is 1. The van der Waals surface area contributed by atoms with Gasteiger partial charge in [-0.1, -0.05) is 29.3 Å². The molecule has 0 aliphatic rings. The van der Waals surface area contributed by atoms with Gasteiger partial charge < -0.3 is 0 Å². The van der Waals surface area contributed by atoms with Crippen molar-refractivity contribution in [1.29, 1.82) is 0 Å². The Labute approximate surface area is 121 Å². The zero-order valence-electron chi connectivity index (χ0n) is 10.5. The van der Waals surface area contributed by atoms with Crippen molar-refractivity contribution in [2.24, 2.45) is 7.05 Å². The van der Waals surface area contributed by atoms with Crippen LogP contribution in [0.2, 0.25) is 10.0 Å². The summed E-state index contributed by atoms with van der Waals surface area (Å²) >= 11 is 11.8. The molecule has 0 amide bonds. The molecule has 0 atom stereocenters. The van der Waals surface area contributed by atoms with Crippen LogP contribution < -0.4 is 0 Å². The minimum Gasteiger partial charge on any atom is -0.289 e. The normalized spacial score (nSPS) is 11.2. The molecule has 2 aromatic rings. The number of hydrogen-bond donors (Lipinski definition) is 0. The third-order valence-corrected chi connectivity index (χ3v) is 3.22. The predicted octanol–water partition coefficient (Wildman–Crippen LogP) is 3.93. The van der Waals surface area contributed by atoms with Gasteiger partial charge in [-0.25, -0.2) is 0 Å². The zero-order valence-corrected chi connectivity index (χ0v) is 12.0. The summed E-state index contributed by atoms with van der Waals surface area (Å²) in [6.45, 7) is 1.80. The highest BCUT2D eigenvalue weighted by Crippen LogP contribution is 2.22. The molecule has 0 aliphatic heterocycles. The maximum absolute atomic E-state index is 12.0. The highest BCUT2D eigenvalue weighted by Gasteiger charge is 2.09. The monoisotopic (exact) mass is 294 g/mol. The Morgan fingerprint density at radius 3 is 2.68 bits per heavy atom. The van der Waals surface area contributed by atoms with Gasteiger partial charge in [0.2, 0.25) is 0 Å². The molecule has 1 aromatic carbocycles. The molecule has 1 heterocycles. The average molecular weight is 295 g/mol. The van der Waals surface area contributed by atoms with Crippen LogP contribution in [-0.2, 0) is 7.05 Å². The Morgan fingerprint density at radius 2 is 2.11 bits per heavy atom. The number of carbonyl (C=O) groups excluding carboxylic acids is 1. The molecule has 0 unspecified atom stereocenters. The molecule has 0 spiro atoms. The molecular formula is C14H12Cl2N2O. The van der Waals surface area contributed by atoms with E-state index in [1.54, 1.807) is 49.1 Å². The largest absolute Gasteiger partial charge is 0.289 e. The number of aromatic nitrogens is 2. The maximum Gasteiger partial charge on any atom is 0.189 e. The van der Waals surface area contributed by atoms with Crippen molar-refractivity contribution in [3.63, 3.8) is 0 Å². The number of rotatable bonds is 3. The highest BCUT2D eigenvalue weighted by atomic mass is 35.5. The number of hydrogen-bond acceptors (Lipinski definition) is 2. The lowest BCUT2D eigenvalue weighted by Crippen LogP contribution is -1.94. The number of allylic oxidation sites excluding steroid dienone is 1. The Hall–Kier alpha value is -1.58. The number of halogens is 2. The SMILES string of the molecule is Cc1nn(C)cc1C(=O)/C=C/c1ccc(Cl)cc1Cl. The van der Waals surface area contributed by atoms with E-state index < -0.39 is 0 Å². The molecule has 1 aromatic heterocycles. The summed E-state index contributed by atoms with van der Waals surface area (Å²) in [5, 5.41) is 5.21. The molecule has 0 bridgehead atoms. The third-order valence-electron chi connectivity index (χ3n) is 2.66. The maximum atomic E-state index is 12.0. The van der Waals surface area contributed by atoms with Crippen molar-refractivity contribution in [2.45, 2.75) is 6.92 Å². The number of ketones is 1. The molecule has 2 rings (SSSR count). The van der Waals surface area contributed by atoms with Gasteiger partial charge in [-0.05, 0) is 36.8 Å². The summed E-state index contributed by atoms with van der Waals surface area (Å²) in [5.74, 6) is -0.100. The summed E-state index contributed by atoms with van der Waals surface area (Å²) in [4.78, 5) is 12.0. The second-order valence-corrected chi connectivity index (χ2v) is 5.01. The highest BCUT2D eigenvalue weighted by molar-refractivity contribution is 6.35. The van der Waals surface area contributed by atoms with Gasteiger partial charge in [0.25, 0.3) is 0 Å². The van der Waals surface area contributed by atoms with Crippen molar-refractivity contribution in [1.82, 2.24) is 9.78 Å². The number of carbonyl (C=O) groups is 1. The molecule has 98 valence electrons. The van der Waals surface area contributed by atoms with Gasteiger partial charge in [0.05, 0.1) is 11.3 Å². The smallest absolute Gasteiger partial charge is 0.189 e. The van der Waals surface area contributed by atoms with Crippen LogP contribution in [-0.4, -0.2) is 15.6 Å². The van der Waals surface area contributed by atoms with Crippen molar-refractivity contribution >= 4 is 35.1 Å². The lowest BCUT2D eigenvalue weighted by atomic mass is 10.1. The van der Waals surface area contributed by atoms with Crippen LogP contribution >= 0.6 is 23.2 Å². The first kappa shape index (κ1) is 13.8. The number of nitrogens with zero attached hydrogens (tertiary/aromatic N) is 2. The summed E-state index contributed by atoms with van der Waals surface area (Å²) in [5.41, 5.74) is 2.05. The topological polar surface area (TPSA) is 34.9 Å². The Morgan fingerprint density at radius 1 is 1.37 bits per heavy atom. The summed E-state index contributed by atoms with van der Waals surface area (Å²) in [6.07, 6.45) is 4.86. The molecule has 0 radical (unpaired) electrons. The van der Waals surface area contributed by atoms with E-state index in [4.69, 9.17) is 23.2 Å². The first-order valence-electron chi connectivity index (χ1n) is 5.65. The molecular weight excluding hydrogens is 283 g/mol. The van der Waals surface area contributed by atoms with Crippen LogP contribution in [0.4, 0.5) is 0 Å². The van der Waals surface area contributed by atoms with Crippen molar-refractivity contribution < 1.29 is 4.79 Å². The first-order chi connectivity index (χ1) is 8.97. The fraction of sp³-hybridized carbons (Fsp3) is 0.143. The zero-order chi connectivity index (χ0) is 14.0. The Kier molecular flexibility index (Phi) is 4.08. The van der Waals surface area contributed by atoms with Gasteiger partial charge in [-0.2, -0.15) is 5.10 Å². The Bertz CT molecular complexity index is 659. The van der Waals surface area contributed by atoms with Crippen LogP contribution in [0.5, 0.6) is 0 Å². The van der Waals surface area contributed by atoms with Crippen LogP contribution in [0, 0.1) is 6.92 Å². The van der Waals surface area contributed by atoms with Crippen LogP contribution in [0.3, 0.4) is 0 Å². The molecule has 5 heteroatoms. The lowest BCUT2D eigenvalue weighted by Gasteiger charge is -1.98. The third kappa shape index (κ3) is 3.25. The van der Waals surface area contributed by atoms with Gasteiger partial charge in [0, 0.05) is 23.3 Å². The second kappa shape index (κ2) is 5.59. The molecule has 19 heavy (non-hydrogen) atoms. The summed E-state index contributed by atoms with van der Waals surface area (Å²) in [6, 6.07) is 5.14. The first-order valence-corrected chi connectivity index (χ1v) is 6.40. The van der Waals surface area contributed by atoms with Gasteiger partial charge in [0.1, 0.15) is 0 Å². The fourth-order valence-corrected chi connectivity index (χ4v) is 2.20. The van der Waals surface area contributed by atoms with Crippen molar-refractivity contribution in [2.75, 3.05) is 0 Å². The van der Waals surface area contributed by atoms with Crippen molar-refractivity contribution in [3.8, 4) is 0 Å². The molecule has 3 nitrogen and oxygen atoms in total. The molecule has 0 N–H and O–H groups in total. The number of aryl methyl sites for hydroxylation is 2. The van der Waals surface area contributed by atoms with Crippen LogP contribution in [0.15, 0.2) is 30.5 Å². The molecule has 0 fully saturated rings. The van der Waals surface area contributed by atoms with Gasteiger partial charge in [-0.15, -0.1) is 0 Å². The lowest BCUT2D eigenvalue weighted by molar-refractivity contribution is 0.104. The van der Waals surface area contributed by atoms with E-state index in [1.807, 2.05) is 0 Å². The quantitative estimate of drug-likeness (QED) is 0.635. The average Bonchev–Trinajstić information content (AvgIpc) is 2.67. The molecule has 0 saturated heterocycles. The van der Waals surface area contributed by atoms with E-state index >= 15 is 0 Å². The van der Waals surface area contributed by atoms with E-state index in [9.17, 15) is 4.79 Å². The predicted molar refractivity (Wildman–Crippen MR) is 77.8 cm³/mol. The standard InChI is InChI=1S/C14H12Cl2N2O/c1-9-12(8-18(2)17-9)14(19)6-4-10-3-5-11(15)7-13(10)16/h3-8H,1-2H3/b6-4+. The summed E-state index contributed by atoms with van der Waals surface area (Å²) in [7, 11) is 1.78. The fourth-order valence-electron chi connectivity index (χ4n) is 1.73. The summed E-state index contributed by atoms with van der Waals surface area (Å²) < 4.78 is 1.62. The second-order valence-electron chi connectivity index (χ2n) is 4.17. The van der Waals surface area contributed by atoms with E-state index in [1.165, 1.54) is 6.08 Å². The van der Waals surface area contributed by atoms with E-state index in [2.05, 4.69) is 5.10 Å². The van der Waals surface area contributed by atoms with Crippen LogP contribution in [0.1, 0.15) is 21.6 Å². The van der Waals surface area contributed by atoms with Gasteiger partial charge >= 0.3 is 0 Å². The minimum absolute atomic E-state index is 0.100. The Balaban J connectivity index is 2.23. The molecule has 0 saturated carbocycles. The van der Waals surface area contributed by atoms with Crippen LogP contribution in [0.25, 0.3) is 6.08 Å². The minimum atomic E-state index is -0.100.